The molecule has 0 saturated carbocycles. The fraction of sp³-hybridized carbons (Fsp3) is 0.462. The molecule has 0 bridgehead atoms. The molecular weight excluding hydrogens is 186 g/mol. The fourth-order valence-corrected chi connectivity index (χ4v) is 2.19. The van der Waals surface area contributed by atoms with Gasteiger partial charge in [-0.15, -0.1) is 0 Å². The second-order valence-electron chi connectivity index (χ2n) is 4.33. The number of benzene rings is 1. The van der Waals surface area contributed by atoms with Gasteiger partial charge in [0, 0.05) is 12.5 Å². The number of Topliss-reactive ketones (excluding diaryl/α,β-unsaturated/α-hetero) is 1. The molecule has 0 amide bonds. The Balaban J connectivity index is 3.08. The van der Waals surface area contributed by atoms with Crippen LogP contribution in [0.3, 0.4) is 0 Å². The molecule has 0 aliphatic heterocycles. The highest BCUT2D eigenvalue weighted by atomic mass is 16.1. The van der Waals surface area contributed by atoms with Crippen molar-refractivity contribution in [3.8, 4) is 0 Å². The van der Waals surface area contributed by atoms with E-state index >= 15 is 0 Å². The molecule has 0 aliphatic carbocycles. The molecule has 82 valence electrons. The van der Waals surface area contributed by atoms with E-state index in [1.165, 1.54) is 16.7 Å². The molecule has 2 nitrogen and oxygen atoms in total. The van der Waals surface area contributed by atoms with Gasteiger partial charge in [0.15, 0.2) is 0 Å². The van der Waals surface area contributed by atoms with Gasteiger partial charge >= 0.3 is 0 Å². The summed E-state index contributed by atoms with van der Waals surface area (Å²) >= 11 is 0. The number of carbonyl (C=O) groups is 1. The summed E-state index contributed by atoms with van der Waals surface area (Å²) in [6.45, 7) is 7.75. The third-order valence-corrected chi connectivity index (χ3v) is 2.62. The maximum absolute atomic E-state index is 11.0. The summed E-state index contributed by atoms with van der Waals surface area (Å²) in [6, 6.07) is 4.06. The lowest BCUT2D eigenvalue weighted by Gasteiger charge is -2.17. The molecule has 0 aromatic heterocycles. The maximum atomic E-state index is 11.0. The largest absolute Gasteiger partial charge is 0.324 e. The Bertz CT molecular complexity index is 359. The lowest BCUT2D eigenvalue weighted by molar-refractivity contribution is -0.117. The van der Waals surface area contributed by atoms with Crippen molar-refractivity contribution in [3.63, 3.8) is 0 Å². The van der Waals surface area contributed by atoms with E-state index in [-0.39, 0.29) is 11.8 Å². The van der Waals surface area contributed by atoms with Gasteiger partial charge in [-0.05, 0) is 44.4 Å². The summed E-state index contributed by atoms with van der Waals surface area (Å²) in [5.41, 5.74) is 10.8. The molecule has 1 atom stereocenters. The van der Waals surface area contributed by atoms with E-state index in [1.807, 2.05) is 0 Å². The quantitative estimate of drug-likeness (QED) is 0.824. The van der Waals surface area contributed by atoms with Crippen molar-refractivity contribution in [3.05, 3.63) is 34.4 Å². The predicted octanol–water partition coefficient (Wildman–Crippen LogP) is 2.59. The minimum Gasteiger partial charge on any atom is -0.324 e. The normalized spacial score (nSPS) is 12.6. The molecule has 0 saturated heterocycles. The molecule has 2 heteroatoms. The Kier molecular flexibility index (Phi) is 3.64. The highest BCUT2D eigenvalue weighted by molar-refractivity contribution is 5.76. The number of ketones is 1. The van der Waals surface area contributed by atoms with E-state index in [0.717, 1.165) is 5.56 Å². The Morgan fingerprint density at radius 1 is 1.27 bits per heavy atom. The Morgan fingerprint density at radius 2 is 1.73 bits per heavy atom. The molecule has 1 aromatic carbocycles. The summed E-state index contributed by atoms with van der Waals surface area (Å²) in [4.78, 5) is 11.0. The zero-order valence-electron chi connectivity index (χ0n) is 9.92. The van der Waals surface area contributed by atoms with Gasteiger partial charge in [-0.3, -0.25) is 4.79 Å². The van der Waals surface area contributed by atoms with E-state index in [0.29, 0.717) is 6.42 Å². The van der Waals surface area contributed by atoms with E-state index < -0.39 is 0 Å². The second kappa shape index (κ2) is 4.58. The molecule has 0 radical (unpaired) electrons. The molecule has 0 aliphatic rings. The third-order valence-electron chi connectivity index (χ3n) is 2.62. The summed E-state index contributed by atoms with van der Waals surface area (Å²) < 4.78 is 0. The molecule has 1 aromatic rings. The molecule has 0 fully saturated rings. The first-order valence-electron chi connectivity index (χ1n) is 5.24. The molecule has 15 heavy (non-hydrogen) atoms. The zero-order valence-corrected chi connectivity index (χ0v) is 9.92. The zero-order chi connectivity index (χ0) is 11.6. The smallest absolute Gasteiger partial charge is 0.131 e. The van der Waals surface area contributed by atoms with Gasteiger partial charge in [0.2, 0.25) is 0 Å². The number of hydrogen-bond acceptors (Lipinski definition) is 2. The standard InChI is InChI=1S/C13H19NO/c1-8-5-9(2)13(10(3)6-8)12(14)7-11(4)15/h5-6,12H,7,14H2,1-4H3. The first kappa shape index (κ1) is 11.9. The van der Waals surface area contributed by atoms with Crippen molar-refractivity contribution in [1.82, 2.24) is 0 Å². The summed E-state index contributed by atoms with van der Waals surface area (Å²) in [5.74, 6) is 0.141. The monoisotopic (exact) mass is 205 g/mol. The summed E-state index contributed by atoms with van der Waals surface area (Å²) in [6.07, 6.45) is 0.421. The molecule has 0 spiro atoms. The van der Waals surface area contributed by atoms with Gasteiger partial charge in [-0.1, -0.05) is 17.7 Å². The van der Waals surface area contributed by atoms with Crippen LogP contribution in [0.15, 0.2) is 12.1 Å². The molecule has 0 heterocycles. The van der Waals surface area contributed by atoms with Crippen LogP contribution in [-0.4, -0.2) is 5.78 Å². The topological polar surface area (TPSA) is 43.1 Å². The van der Waals surface area contributed by atoms with Crippen LogP contribution < -0.4 is 5.73 Å². The van der Waals surface area contributed by atoms with Gasteiger partial charge in [0.1, 0.15) is 5.78 Å². The molecular formula is C13H19NO. The van der Waals surface area contributed by atoms with E-state index in [1.54, 1.807) is 6.92 Å². The van der Waals surface area contributed by atoms with E-state index in [2.05, 4.69) is 32.9 Å². The Hall–Kier alpha value is -1.15. The Morgan fingerprint density at radius 3 is 2.13 bits per heavy atom. The van der Waals surface area contributed by atoms with Crippen LogP contribution >= 0.6 is 0 Å². The van der Waals surface area contributed by atoms with Crippen LogP contribution in [0, 0.1) is 20.8 Å². The van der Waals surface area contributed by atoms with Crippen LogP contribution in [0.25, 0.3) is 0 Å². The Labute approximate surface area is 91.5 Å². The highest BCUT2D eigenvalue weighted by Gasteiger charge is 2.13. The second-order valence-corrected chi connectivity index (χ2v) is 4.33. The average Bonchev–Trinajstić information content (AvgIpc) is 1.99. The van der Waals surface area contributed by atoms with Crippen molar-refractivity contribution in [2.24, 2.45) is 5.73 Å². The first-order valence-corrected chi connectivity index (χ1v) is 5.24. The SMILES string of the molecule is CC(=O)CC(N)c1c(C)cc(C)cc1C. The minimum atomic E-state index is -0.164. The summed E-state index contributed by atoms with van der Waals surface area (Å²) in [5, 5.41) is 0. The maximum Gasteiger partial charge on any atom is 0.131 e. The van der Waals surface area contributed by atoms with Gasteiger partial charge in [0.25, 0.3) is 0 Å². The highest BCUT2D eigenvalue weighted by Crippen LogP contribution is 2.24. The molecule has 1 unspecified atom stereocenters. The lowest BCUT2D eigenvalue weighted by Crippen LogP contribution is -2.16. The van der Waals surface area contributed by atoms with Crippen molar-refractivity contribution < 1.29 is 4.79 Å². The van der Waals surface area contributed by atoms with E-state index in [4.69, 9.17) is 5.73 Å². The van der Waals surface area contributed by atoms with Crippen molar-refractivity contribution in [2.75, 3.05) is 0 Å². The number of carbonyl (C=O) groups excluding carboxylic acids is 1. The molecule has 2 N–H and O–H groups in total. The van der Waals surface area contributed by atoms with Crippen LogP contribution in [-0.2, 0) is 4.79 Å². The van der Waals surface area contributed by atoms with Crippen molar-refractivity contribution in [2.45, 2.75) is 40.2 Å². The van der Waals surface area contributed by atoms with Crippen molar-refractivity contribution in [1.29, 1.82) is 0 Å². The van der Waals surface area contributed by atoms with Crippen LogP contribution in [0.2, 0.25) is 0 Å². The van der Waals surface area contributed by atoms with Crippen LogP contribution in [0.4, 0.5) is 0 Å². The van der Waals surface area contributed by atoms with Gasteiger partial charge < -0.3 is 5.73 Å². The van der Waals surface area contributed by atoms with E-state index in [9.17, 15) is 4.79 Å². The van der Waals surface area contributed by atoms with Gasteiger partial charge in [0.05, 0.1) is 0 Å². The number of rotatable bonds is 3. The number of hydrogen-bond donors (Lipinski definition) is 1. The average molecular weight is 205 g/mol. The first-order chi connectivity index (χ1) is 6.91. The number of aryl methyl sites for hydroxylation is 3. The fourth-order valence-electron chi connectivity index (χ4n) is 2.19. The predicted molar refractivity (Wildman–Crippen MR) is 62.9 cm³/mol. The van der Waals surface area contributed by atoms with Crippen molar-refractivity contribution >= 4 is 5.78 Å². The lowest BCUT2D eigenvalue weighted by atomic mass is 9.92. The third kappa shape index (κ3) is 2.90. The molecule has 1 rings (SSSR count). The van der Waals surface area contributed by atoms with Gasteiger partial charge in [-0.2, -0.15) is 0 Å². The summed E-state index contributed by atoms with van der Waals surface area (Å²) in [7, 11) is 0. The van der Waals surface area contributed by atoms with Gasteiger partial charge in [-0.25, -0.2) is 0 Å². The van der Waals surface area contributed by atoms with Crippen LogP contribution in [0.5, 0.6) is 0 Å². The minimum absolute atomic E-state index is 0.141. The number of nitrogens with two attached hydrogens (primary N) is 1. The van der Waals surface area contributed by atoms with Crippen LogP contribution in [0.1, 0.15) is 41.6 Å².